The lowest BCUT2D eigenvalue weighted by atomic mass is 9.88. The van der Waals surface area contributed by atoms with Gasteiger partial charge in [-0.1, -0.05) is 12.1 Å². The Morgan fingerprint density at radius 2 is 1.76 bits per heavy atom. The van der Waals surface area contributed by atoms with Gasteiger partial charge in [0.05, 0.1) is 19.1 Å². The predicted octanol–water partition coefficient (Wildman–Crippen LogP) is 1.85. The van der Waals surface area contributed by atoms with Gasteiger partial charge in [0, 0.05) is 48.9 Å². The van der Waals surface area contributed by atoms with Crippen molar-refractivity contribution in [3.63, 3.8) is 0 Å². The van der Waals surface area contributed by atoms with E-state index in [4.69, 9.17) is 58.5 Å². The number of benzene rings is 3. The maximum Gasteiger partial charge on any atom is 0.317 e. The number of carboxylic acid groups (broad SMARTS) is 1. The molecule has 0 aliphatic carbocycles. The molecule has 17 nitrogen and oxygen atoms in total. The lowest BCUT2D eigenvalue weighted by Crippen LogP contribution is -2.61. The van der Waals surface area contributed by atoms with Crippen molar-refractivity contribution < 1.29 is 77.7 Å². The Labute approximate surface area is 308 Å². The average molecular weight is 756 g/mol. The summed E-state index contributed by atoms with van der Waals surface area (Å²) in [5.41, 5.74) is 8.66. The molecular weight excluding hydrogens is 714 g/mol. The van der Waals surface area contributed by atoms with Gasteiger partial charge < -0.3 is 68.9 Å². The third-order valence-corrected chi connectivity index (χ3v) is 9.33. The average Bonchev–Trinajstić information content (AvgIpc) is 3.76. The molecule has 0 aromatic heterocycles. The standard InChI is InChI=1S/C37H41NO16/c38-5-8-46-37-36(33(44)35(45-7-2-6-39)30(52-37)17-48-32(43)15-31(41)42)54-53-25-13-23-26(11-20(25)9-19-3-1-4-21(40)10-19)47-16-24-22-12-28-29(50-18-49-28)14-27(22)51-34(23)24/h1,3-4,10-14,24,30,33-37,39-40,44H,2,5-9,15-18,38H2,(H,41,42). The molecule has 17 heteroatoms. The molecule has 7 rings (SSSR count). The number of carbonyl (C=O) groups is 2. The lowest BCUT2D eigenvalue weighted by Gasteiger charge is -2.42. The second kappa shape index (κ2) is 16.6. The van der Waals surface area contributed by atoms with Crippen molar-refractivity contribution in [1.82, 2.24) is 0 Å². The first-order chi connectivity index (χ1) is 26.2. The van der Waals surface area contributed by atoms with Crippen LogP contribution in [-0.2, 0) is 39.8 Å². The number of carbonyl (C=O) groups excluding carboxylic acids is 1. The Morgan fingerprint density at radius 3 is 2.54 bits per heavy atom. The molecule has 1 saturated heterocycles. The van der Waals surface area contributed by atoms with Gasteiger partial charge in [-0.15, -0.1) is 0 Å². The van der Waals surface area contributed by atoms with Crippen molar-refractivity contribution in [3.8, 4) is 34.5 Å². The molecule has 3 aromatic rings. The van der Waals surface area contributed by atoms with Gasteiger partial charge in [-0.05, 0) is 42.3 Å². The highest BCUT2D eigenvalue weighted by atomic mass is 17.2. The summed E-state index contributed by atoms with van der Waals surface area (Å²) in [6.45, 7) is -0.145. The molecule has 7 atom stereocenters. The molecule has 0 spiro atoms. The number of esters is 1. The molecule has 7 unspecified atom stereocenters. The van der Waals surface area contributed by atoms with Crippen LogP contribution >= 0.6 is 0 Å². The molecule has 0 bridgehead atoms. The van der Waals surface area contributed by atoms with Gasteiger partial charge in [-0.25, -0.2) is 0 Å². The smallest absolute Gasteiger partial charge is 0.317 e. The van der Waals surface area contributed by atoms with Gasteiger partial charge in [0.15, 0.2) is 29.6 Å². The van der Waals surface area contributed by atoms with E-state index in [-0.39, 0.29) is 63.4 Å². The van der Waals surface area contributed by atoms with E-state index in [1.807, 2.05) is 18.2 Å². The molecule has 3 aromatic carbocycles. The molecule has 0 radical (unpaired) electrons. The van der Waals surface area contributed by atoms with Crippen molar-refractivity contribution in [1.29, 1.82) is 0 Å². The quantitative estimate of drug-likeness (QED) is 0.0461. The normalized spacial score (nSPS) is 24.8. The van der Waals surface area contributed by atoms with E-state index in [0.29, 0.717) is 40.7 Å². The summed E-state index contributed by atoms with van der Waals surface area (Å²) in [5.74, 6) is 0.177. The first kappa shape index (κ1) is 37.4. The monoisotopic (exact) mass is 755 g/mol. The first-order valence-corrected chi connectivity index (χ1v) is 17.5. The number of rotatable bonds is 16. The summed E-state index contributed by atoms with van der Waals surface area (Å²) >= 11 is 0. The summed E-state index contributed by atoms with van der Waals surface area (Å²) < 4.78 is 46.8. The molecule has 4 heterocycles. The maximum absolute atomic E-state index is 12.1. The highest BCUT2D eigenvalue weighted by Crippen LogP contribution is 2.55. The zero-order valence-corrected chi connectivity index (χ0v) is 29.0. The minimum Gasteiger partial charge on any atom is -0.508 e. The molecule has 290 valence electrons. The first-order valence-electron chi connectivity index (χ1n) is 17.5. The Hall–Kier alpha value is -4.88. The Kier molecular flexibility index (Phi) is 11.5. The number of fused-ring (bicyclic) bond motifs is 6. The van der Waals surface area contributed by atoms with Gasteiger partial charge >= 0.3 is 11.9 Å². The van der Waals surface area contributed by atoms with Crippen LogP contribution in [0.25, 0.3) is 0 Å². The molecule has 1 fully saturated rings. The van der Waals surface area contributed by atoms with Crippen molar-refractivity contribution >= 4 is 11.9 Å². The fraction of sp³-hybridized carbons (Fsp3) is 0.459. The van der Waals surface area contributed by atoms with Crippen LogP contribution in [0.3, 0.4) is 0 Å². The van der Waals surface area contributed by atoms with Crippen LogP contribution in [0.1, 0.15) is 47.1 Å². The summed E-state index contributed by atoms with van der Waals surface area (Å²) in [6.07, 6.45) is -7.33. The van der Waals surface area contributed by atoms with Crippen molar-refractivity contribution in [2.75, 3.05) is 46.4 Å². The lowest BCUT2D eigenvalue weighted by molar-refractivity contribution is -0.375. The zero-order valence-electron chi connectivity index (χ0n) is 29.0. The van der Waals surface area contributed by atoms with Crippen LogP contribution in [-0.4, -0.2) is 109 Å². The van der Waals surface area contributed by atoms with E-state index in [9.17, 15) is 24.9 Å². The fourth-order valence-corrected chi connectivity index (χ4v) is 6.81. The summed E-state index contributed by atoms with van der Waals surface area (Å²) in [6, 6.07) is 14.0. The number of aromatic hydroxyl groups is 1. The number of aliphatic carboxylic acids is 1. The highest BCUT2D eigenvalue weighted by Gasteiger charge is 2.49. The van der Waals surface area contributed by atoms with Crippen molar-refractivity contribution in [3.05, 3.63) is 70.8 Å². The maximum atomic E-state index is 12.1. The second-order valence-electron chi connectivity index (χ2n) is 13.0. The van der Waals surface area contributed by atoms with Crippen molar-refractivity contribution in [2.24, 2.45) is 5.73 Å². The molecule has 6 N–H and O–H groups in total. The van der Waals surface area contributed by atoms with E-state index in [0.717, 1.165) is 11.1 Å². The summed E-state index contributed by atoms with van der Waals surface area (Å²) in [4.78, 5) is 35.1. The number of ether oxygens (including phenoxy) is 8. The topological polar surface area (TPSA) is 233 Å². The van der Waals surface area contributed by atoms with Crippen LogP contribution in [0.5, 0.6) is 34.5 Å². The van der Waals surface area contributed by atoms with Gasteiger partial charge in [-0.2, -0.15) is 4.89 Å². The Balaban J connectivity index is 1.17. The molecule has 0 saturated carbocycles. The van der Waals surface area contributed by atoms with Crippen LogP contribution in [0, 0.1) is 0 Å². The van der Waals surface area contributed by atoms with E-state index in [1.54, 1.807) is 30.3 Å². The highest BCUT2D eigenvalue weighted by molar-refractivity contribution is 5.90. The molecule has 4 aliphatic heterocycles. The number of phenols is 1. The minimum atomic E-state index is -1.51. The molecule has 0 amide bonds. The minimum absolute atomic E-state index is 0.00582. The van der Waals surface area contributed by atoms with Crippen LogP contribution in [0.4, 0.5) is 0 Å². The molecule has 54 heavy (non-hydrogen) atoms. The van der Waals surface area contributed by atoms with E-state index in [1.165, 1.54) is 0 Å². The Bertz CT molecular complexity index is 1820. The zero-order chi connectivity index (χ0) is 37.8. The van der Waals surface area contributed by atoms with Crippen molar-refractivity contribution in [2.45, 2.75) is 62.0 Å². The molecule has 4 aliphatic rings. The number of hydrogen-bond donors (Lipinski definition) is 5. The van der Waals surface area contributed by atoms with Gasteiger partial charge in [-0.3, -0.25) is 9.59 Å². The van der Waals surface area contributed by atoms with Crippen LogP contribution in [0.15, 0.2) is 48.5 Å². The summed E-state index contributed by atoms with van der Waals surface area (Å²) in [5, 5.41) is 40.2. The van der Waals surface area contributed by atoms with Crippen LogP contribution < -0.4 is 29.6 Å². The van der Waals surface area contributed by atoms with E-state index < -0.39 is 61.8 Å². The van der Waals surface area contributed by atoms with E-state index in [2.05, 4.69) is 0 Å². The number of phenolic OH excluding ortho intramolecular Hbond substituents is 1. The van der Waals surface area contributed by atoms with Gasteiger partial charge in [0.25, 0.3) is 0 Å². The van der Waals surface area contributed by atoms with Gasteiger partial charge in [0.1, 0.15) is 54.7 Å². The third-order valence-electron chi connectivity index (χ3n) is 9.33. The number of hydrogen-bond acceptors (Lipinski definition) is 16. The predicted molar refractivity (Wildman–Crippen MR) is 181 cm³/mol. The SMILES string of the molecule is NCCOC1OC(COC(=O)CC(=O)O)C(OCCCO)C(O)C1OOc1cc2c(cc1Cc1cccc(O)c1)OCC1c3cc4c(cc3OC21)OCO4. The van der Waals surface area contributed by atoms with Gasteiger partial charge in [0.2, 0.25) is 6.79 Å². The number of aliphatic hydroxyl groups is 2. The van der Waals surface area contributed by atoms with E-state index >= 15 is 0 Å². The number of aliphatic hydroxyl groups excluding tert-OH is 2. The number of carboxylic acids is 1. The molecular formula is C37H41NO16. The van der Waals surface area contributed by atoms with Crippen LogP contribution in [0.2, 0.25) is 0 Å². The fourth-order valence-electron chi connectivity index (χ4n) is 6.81. The summed E-state index contributed by atoms with van der Waals surface area (Å²) in [7, 11) is 0. The largest absolute Gasteiger partial charge is 0.508 e. The second-order valence-corrected chi connectivity index (χ2v) is 13.0. The Morgan fingerprint density at radius 1 is 0.926 bits per heavy atom. The third kappa shape index (κ3) is 8.12. The number of nitrogens with two attached hydrogens (primary N) is 1.